The fraction of sp³-hybridized carbons (Fsp3) is 0. The highest BCUT2D eigenvalue weighted by Gasteiger charge is 2.02. The van der Waals surface area contributed by atoms with E-state index in [-0.39, 0.29) is 5.82 Å². The Hall–Kier alpha value is -1.73. The van der Waals surface area contributed by atoms with E-state index in [1.165, 1.54) is 28.5 Å². The molecule has 0 N–H and O–H groups in total. The zero-order valence-electron chi connectivity index (χ0n) is 7.64. The van der Waals surface area contributed by atoms with E-state index in [0.717, 1.165) is 9.92 Å². The van der Waals surface area contributed by atoms with Gasteiger partial charge in [-0.05, 0) is 36.4 Å². The van der Waals surface area contributed by atoms with Crippen LogP contribution in [0.15, 0.2) is 46.3 Å². The van der Waals surface area contributed by atoms with Crippen molar-refractivity contribution in [2.75, 3.05) is 0 Å². The quantitative estimate of drug-likeness (QED) is 0.773. The zero-order chi connectivity index (χ0) is 10.7. The molecule has 0 aliphatic heterocycles. The van der Waals surface area contributed by atoms with Crippen molar-refractivity contribution in [1.29, 1.82) is 5.26 Å². The van der Waals surface area contributed by atoms with Crippen molar-refractivity contribution in [3.8, 4) is 6.19 Å². The Balaban J connectivity index is 2.23. The molecular formula is C11H6FN2S. The molecule has 1 aromatic carbocycles. The second-order valence-corrected chi connectivity index (χ2v) is 3.89. The van der Waals surface area contributed by atoms with Crippen LogP contribution in [-0.2, 0) is 0 Å². The van der Waals surface area contributed by atoms with Crippen LogP contribution >= 0.6 is 11.8 Å². The zero-order valence-corrected chi connectivity index (χ0v) is 8.46. The number of rotatable bonds is 2. The number of aromatic nitrogens is 1. The minimum Gasteiger partial charge on any atom is -0.239 e. The maximum Gasteiger partial charge on any atom is 0.189 e. The van der Waals surface area contributed by atoms with E-state index in [4.69, 9.17) is 5.26 Å². The van der Waals surface area contributed by atoms with Gasteiger partial charge in [-0.1, -0.05) is 11.8 Å². The fourth-order valence-electron chi connectivity index (χ4n) is 1.10. The predicted octanol–water partition coefficient (Wildman–Crippen LogP) is 2.91. The summed E-state index contributed by atoms with van der Waals surface area (Å²) >= 11 is 1.40. The highest BCUT2D eigenvalue weighted by Crippen LogP contribution is 2.27. The monoisotopic (exact) mass is 217 g/mol. The van der Waals surface area contributed by atoms with Crippen LogP contribution in [0.5, 0.6) is 0 Å². The van der Waals surface area contributed by atoms with Gasteiger partial charge < -0.3 is 0 Å². The molecule has 2 aromatic rings. The lowest BCUT2D eigenvalue weighted by Crippen LogP contribution is -1.87. The SMILES string of the molecule is N#Cn1[c]ccc1Sc1ccc(F)cc1. The summed E-state index contributed by atoms with van der Waals surface area (Å²) in [6.07, 6.45) is 4.72. The first-order valence-electron chi connectivity index (χ1n) is 4.22. The van der Waals surface area contributed by atoms with Crippen LogP contribution in [0.1, 0.15) is 0 Å². The van der Waals surface area contributed by atoms with Crippen LogP contribution in [0.25, 0.3) is 0 Å². The summed E-state index contributed by atoms with van der Waals surface area (Å²) in [5.74, 6) is -0.262. The van der Waals surface area contributed by atoms with E-state index in [0.29, 0.717) is 0 Å². The summed E-state index contributed by atoms with van der Waals surface area (Å²) < 4.78 is 14.0. The summed E-state index contributed by atoms with van der Waals surface area (Å²) in [7, 11) is 0. The molecule has 1 heterocycles. The van der Waals surface area contributed by atoms with Crippen molar-refractivity contribution in [1.82, 2.24) is 4.57 Å². The Morgan fingerprint density at radius 1 is 1.27 bits per heavy atom. The van der Waals surface area contributed by atoms with Crippen LogP contribution in [-0.4, -0.2) is 4.57 Å². The van der Waals surface area contributed by atoms with E-state index in [1.807, 2.05) is 6.19 Å². The van der Waals surface area contributed by atoms with Gasteiger partial charge in [0.05, 0.1) is 11.2 Å². The van der Waals surface area contributed by atoms with Gasteiger partial charge in [0, 0.05) is 4.90 Å². The van der Waals surface area contributed by atoms with Gasteiger partial charge in [0.15, 0.2) is 6.19 Å². The van der Waals surface area contributed by atoms with Gasteiger partial charge in [-0.15, -0.1) is 0 Å². The predicted molar refractivity (Wildman–Crippen MR) is 54.8 cm³/mol. The van der Waals surface area contributed by atoms with E-state index in [2.05, 4.69) is 6.20 Å². The fourth-order valence-corrected chi connectivity index (χ4v) is 1.94. The molecule has 2 rings (SSSR count). The minimum atomic E-state index is -0.262. The van der Waals surface area contributed by atoms with E-state index in [1.54, 1.807) is 24.3 Å². The Labute approximate surface area is 91.0 Å². The Kier molecular flexibility index (Phi) is 2.75. The Bertz CT molecular complexity index is 496. The van der Waals surface area contributed by atoms with Crippen LogP contribution in [0, 0.1) is 23.5 Å². The molecule has 0 saturated carbocycles. The maximum atomic E-state index is 12.6. The van der Waals surface area contributed by atoms with Gasteiger partial charge in [-0.3, -0.25) is 0 Å². The van der Waals surface area contributed by atoms with Gasteiger partial charge in [0.1, 0.15) is 5.82 Å². The smallest absolute Gasteiger partial charge is 0.189 e. The lowest BCUT2D eigenvalue weighted by molar-refractivity contribution is 0.626. The van der Waals surface area contributed by atoms with Crippen molar-refractivity contribution in [2.24, 2.45) is 0 Å². The third kappa shape index (κ3) is 2.20. The Morgan fingerprint density at radius 3 is 2.67 bits per heavy atom. The third-order valence-electron chi connectivity index (χ3n) is 1.79. The summed E-state index contributed by atoms with van der Waals surface area (Å²) in [4.78, 5) is 0.889. The molecule has 0 unspecified atom stereocenters. The van der Waals surface area contributed by atoms with Crippen molar-refractivity contribution in [3.63, 3.8) is 0 Å². The molecule has 2 nitrogen and oxygen atoms in total. The normalized spacial score (nSPS) is 9.87. The van der Waals surface area contributed by atoms with Gasteiger partial charge in [-0.25, -0.2) is 8.96 Å². The molecule has 0 bridgehead atoms. The number of hydrogen-bond donors (Lipinski definition) is 0. The molecular weight excluding hydrogens is 211 g/mol. The molecule has 0 fully saturated rings. The standard InChI is InChI=1S/C11H6FN2S/c12-9-3-5-10(6-4-9)15-11-2-1-7-14(11)8-13/h1-6H. The van der Waals surface area contributed by atoms with Crippen molar-refractivity contribution >= 4 is 11.8 Å². The summed E-state index contributed by atoms with van der Waals surface area (Å²) in [5.41, 5.74) is 0. The molecule has 1 aromatic heterocycles. The van der Waals surface area contributed by atoms with E-state index >= 15 is 0 Å². The topological polar surface area (TPSA) is 28.7 Å². The highest BCUT2D eigenvalue weighted by atomic mass is 32.2. The molecule has 0 aliphatic carbocycles. The van der Waals surface area contributed by atoms with E-state index in [9.17, 15) is 4.39 Å². The molecule has 4 heteroatoms. The van der Waals surface area contributed by atoms with Crippen molar-refractivity contribution in [3.05, 3.63) is 48.4 Å². The highest BCUT2D eigenvalue weighted by molar-refractivity contribution is 7.99. The van der Waals surface area contributed by atoms with Crippen LogP contribution in [0.2, 0.25) is 0 Å². The first-order valence-corrected chi connectivity index (χ1v) is 5.04. The van der Waals surface area contributed by atoms with Gasteiger partial charge in [0.2, 0.25) is 0 Å². The van der Waals surface area contributed by atoms with Gasteiger partial charge >= 0.3 is 0 Å². The van der Waals surface area contributed by atoms with Gasteiger partial charge in [0.25, 0.3) is 0 Å². The van der Waals surface area contributed by atoms with E-state index < -0.39 is 0 Å². The lowest BCUT2D eigenvalue weighted by atomic mass is 10.4. The number of halogens is 1. The molecule has 0 spiro atoms. The van der Waals surface area contributed by atoms with Crippen LogP contribution in [0.4, 0.5) is 4.39 Å². The largest absolute Gasteiger partial charge is 0.239 e. The first-order chi connectivity index (χ1) is 7.29. The third-order valence-corrected chi connectivity index (χ3v) is 2.82. The molecule has 15 heavy (non-hydrogen) atoms. The molecule has 1 radical (unpaired) electrons. The van der Waals surface area contributed by atoms with Gasteiger partial charge in [-0.2, -0.15) is 5.26 Å². The Morgan fingerprint density at radius 2 is 2.00 bits per heavy atom. The molecule has 0 atom stereocenters. The second-order valence-electron chi connectivity index (χ2n) is 2.79. The summed E-state index contributed by atoms with van der Waals surface area (Å²) in [6.45, 7) is 0. The van der Waals surface area contributed by atoms with Crippen molar-refractivity contribution < 1.29 is 4.39 Å². The second kappa shape index (κ2) is 4.20. The average molecular weight is 217 g/mol. The first kappa shape index (κ1) is 9.81. The summed E-state index contributed by atoms with van der Waals surface area (Å²) in [5, 5.41) is 9.51. The lowest BCUT2D eigenvalue weighted by Gasteiger charge is -2.00. The molecule has 0 aliphatic rings. The molecule has 0 saturated heterocycles. The number of nitrogens with zero attached hydrogens (tertiary/aromatic N) is 2. The maximum absolute atomic E-state index is 12.6. The summed E-state index contributed by atoms with van der Waals surface area (Å²) in [6, 6.07) is 9.60. The average Bonchev–Trinajstić information content (AvgIpc) is 2.69. The van der Waals surface area contributed by atoms with Crippen LogP contribution in [0.3, 0.4) is 0 Å². The number of hydrogen-bond acceptors (Lipinski definition) is 2. The minimum absolute atomic E-state index is 0.262. The number of benzene rings is 1. The number of nitriles is 1. The molecule has 73 valence electrons. The molecule has 0 amide bonds. The van der Waals surface area contributed by atoms with Crippen molar-refractivity contribution in [2.45, 2.75) is 9.92 Å². The van der Waals surface area contributed by atoms with Crippen LogP contribution < -0.4 is 0 Å².